The summed E-state index contributed by atoms with van der Waals surface area (Å²) in [6, 6.07) is -1.06. The minimum atomic E-state index is -0.624. The van der Waals surface area contributed by atoms with Gasteiger partial charge in [0.15, 0.2) is 5.78 Å². The van der Waals surface area contributed by atoms with Crippen LogP contribution in [0.1, 0.15) is 40.5 Å². The molecule has 0 aromatic rings. The summed E-state index contributed by atoms with van der Waals surface area (Å²) in [6.07, 6.45) is 1.72. The maximum Gasteiger partial charge on any atom is 0.312 e. The van der Waals surface area contributed by atoms with E-state index < -0.39 is 12.1 Å². The van der Waals surface area contributed by atoms with Crippen molar-refractivity contribution in [3.05, 3.63) is 0 Å². The van der Waals surface area contributed by atoms with Crippen LogP contribution in [0.3, 0.4) is 0 Å². The highest BCUT2D eigenvalue weighted by molar-refractivity contribution is 5.89. The first-order valence-corrected chi connectivity index (χ1v) is 5.53. The van der Waals surface area contributed by atoms with Gasteiger partial charge >= 0.3 is 6.03 Å². The van der Waals surface area contributed by atoms with Crippen LogP contribution in [-0.2, 0) is 4.79 Å². The maximum atomic E-state index is 11.9. The van der Waals surface area contributed by atoms with Crippen molar-refractivity contribution in [3.8, 4) is 0 Å². The lowest BCUT2D eigenvalue weighted by molar-refractivity contribution is -0.125. The molecule has 3 N–H and O–H groups in total. The average Bonchev–Trinajstić information content (AvgIpc) is 2.16. The van der Waals surface area contributed by atoms with Crippen LogP contribution in [0.25, 0.3) is 0 Å². The molecule has 0 bridgehead atoms. The maximum absolute atomic E-state index is 11.9. The lowest BCUT2D eigenvalue weighted by atomic mass is 9.87. The lowest BCUT2D eigenvalue weighted by Crippen LogP contribution is -2.49. The summed E-state index contributed by atoms with van der Waals surface area (Å²) in [6.45, 7) is 7.69. The first kappa shape index (κ1) is 13.9. The van der Waals surface area contributed by atoms with Crippen LogP contribution in [0, 0.1) is 11.8 Å². The molecule has 0 aromatic carbocycles. The lowest BCUT2D eigenvalue weighted by Gasteiger charge is -2.25. The molecule has 0 rings (SSSR count). The van der Waals surface area contributed by atoms with E-state index in [9.17, 15) is 9.59 Å². The number of hydrogen-bond acceptors (Lipinski definition) is 2. The van der Waals surface area contributed by atoms with Crippen molar-refractivity contribution in [1.29, 1.82) is 0 Å². The molecule has 0 aliphatic carbocycles. The fraction of sp³-hybridized carbons (Fsp3) is 0.818. The van der Waals surface area contributed by atoms with Gasteiger partial charge in [-0.05, 0) is 5.92 Å². The van der Waals surface area contributed by atoms with E-state index >= 15 is 0 Å². The number of urea groups is 1. The summed E-state index contributed by atoms with van der Waals surface area (Å²) in [4.78, 5) is 22.7. The topological polar surface area (TPSA) is 72.2 Å². The Morgan fingerprint density at radius 2 is 1.67 bits per heavy atom. The Hall–Kier alpha value is -1.06. The molecule has 0 fully saturated rings. The van der Waals surface area contributed by atoms with E-state index in [0.717, 1.165) is 12.8 Å². The van der Waals surface area contributed by atoms with Crippen molar-refractivity contribution in [2.24, 2.45) is 17.6 Å². The second kappa shape index (κ2) is 6.43. The predicted octanol–water partition coefficient (Wildman–Crippen LogP) is 1.68. The molecule has 0 spiro atoms. The van der Waals surface area contributed by atoms with Crippen LogP contribution < -0.4 is 11.1 Å². The zero-order chi connectivity index (χ0) is 12.0. The van der Waals surface area contributed by atoms with Crippen molar-refractivity contribution in [2.45, 2.75) is 46.6 Å². The van der Waals surface area contributed by atoms with Gasteiger partial charge in [0.2, 0.25) is 0 Å². The minimum absolute atomic E-state index is 0.0579. The normalized spacial score (nSPS) is 12.9. The number of nitrogens with one attached hydrogen (secondary N) is 1. The van der Waals surface area contributed by atoms with Gasteiger partial charge in [-0.1, -0.05) is 40.5 Å². The molecule has 1 unspecified atom stereocenters. The molecule has 0 heterocycles. The molecule has 0 aliphatic rings. The number of ketones is 1. The van der Waals surface area contributed by atoms with E-state index in [2.05, 4.69) is 5.32 Å². The van der Waals surface area contributed by atoms with Gasteiger partial charge in [-0.3, -0.25) is 4.79 Å². The zero-order valence-corrected chi connectivity index (χ0v) is 10.0. The third-order valence-corrected chi connectivity index (χ3v) is 2.69. The third-order valence-electron chi connectivity index (χ3n) is 2.69. The summed E-state index contributed by atoms with van der Waals surface area (Å²) in [5.74, 6) is 0.150. The molecule has 4 nitrogen and oxygen atoms in total. The Labute approximate surface area is 91.6 Å². The number of Topliss-reactive ketones (excluding diaryl/α,β-unsaturated/α-hetero) is 1. The van der Waals surface area contributed by atoms with Gasteiger partial charge in [0.25, 0.3) is 0 Å². The van der Waals surface area contributed by atoms with Crippen LogP contribution in [0.2, 0.25) is 0 Å². The molecule has 0 saturated heterocycles. The fourth-order valence-corrected chi connectivity index (χ4v) is 1.69. The zero-order valence-electron chi connectivity index (χ0n) is 10.0. The summed E-state index contributed by atoms with van der Waals surface area (Å²) >= 11 is 0. The van der Waals surface area contributed by atoms with E-state index in [1.807, 2.05) is 27.7 Å². The summed E-state index contributed by atoms with van der Waals surface area (Å²) in [5, 5.41) is 2.55. The van der Waals surface area contributed by atoms with Gasteiger partial charge in [-0.2, -0.15) is 0 Å². The van der Waals surface area contributed by atoms with Crippen LogP contribution in [0.15, 0.2) is 0 Å². The fourth-order valence-electron chi connectivity index (χ4n) is 1.69. The summed E-state index contributed by atoms with van der Waals surface area (Å²) in [7, 11) is 0. The number of primary amides is 1. The molecule has 0 aliphatic heterocycles. The highest BCUT2D eigenvalue weighted by Gasteiger charge is 2.28. The van der Waals surface area contributed by atoms with Crippen LogP contribution in [0.5, 0.6) is 0 Å². The molecule has 4 heteroatoms. The quantitative estimate of drug-likeness (QED) is 0.706. The molecular weight excluding hydrogens is 192 g/mol. The van der Waals surface area contributed by atoms with Gasteiger partial charge in [0.05, 0.1) is 6.04 Å². The Morgan fingerprint density at radius 1 is 1.20 bits per heavy atom. The van der Waals surface area contributed by atoms with Gasteiger partial charge in [-0.15, -0.1) is 0 Å². The monoisotopic (exact) mass is 214 g/mol. The molecule has 0 aromatic heterocycles. The second-order valence-electron chi connectivity index (χ2n) is 4.12. The molecule has 0 saturated carbocycles. The molecule has 1 atom stereocenters. The first-order chi connectivity index (χ1) is 6.93. The second-order valence-corrected chi connectivity index (χ2v) is 4.12. The molecule has 2 amide bonds. The number of amides is 2. The van der Waals surface area contributed by atoms with Crippen molar-refractivity contribution < 1.29 is 9.59 Å². The van der Waals surface area contributed by atoms with Crippen molar-refractivity contribution in [2.75, 3.05) is 0 Å². The van der Waals surface area contributed by atoms with E-state index in [1.165, 1.54) is 0 Å². The van der Waals surface area contributed by atoms with Crippen molar-refractivity contribution >= 4 is 11.8 Å². The van der Waals surface area contributed by atoms with Crippen LogP contribution in [0.4, 0.5) is 4.79 Å². The van der Waals surface area contributed by atoms with E-state index in [4.69, 9.17) is 5.73 Å². The Bertz CT molecular complexity index is 223. The number of carbonyl (C=O) groups is 2. The predicted molar refractivity (Wildman–Crippen MR) is 60.4 cm³/mol. The number of rotatable bonds is 6. The SMILES string of the molecule is CCC(CC)C(NC(N)=O)C(=O)C(C)C. The van der Waals surface area contributed by atoms with Crippen LogP contribution >= 0.6 is 0 Å². The molecular formula is C11H22N2O2. The van der Waals surface area contributed by atoms with Crippen molar-refractivity contribution in [1.82, 2.24) is 5.32 Å². The van der Waals surface area contributed by atoms with E-state index in [1.54, 1.807) is 0 Å². The molecule has 15 heavy (non-hydrogen) atoms. The van der Waals surface area contributed by atoms with Gasteiger partial charge in [-0.25, -0.2) is 4.79 Å². The summed E-state index contributed by atoms with van der Waals surface area (Å²) < 4.78 is 0. The van der Waals surface area contributed by atoms with Crippen molar-refractivity contribution in [3.63, 3.8) is 0 Å². The highest BCUT2D eigenvalue weighted by atomic mass is 16.2. The van der Waals surface area contributed by atoms with E-state index in [0.29, 0.717) is 0 Å². The standard InChI is InChI=1S/C11H22N2O2/c1-5-8(6-2)9(13-11(12)15)10(14)7(3)4/h7-9H,5-6H2,1-4H3,(H3,12,13,15). The Balaban J connectivity index is 4.70. The average molecular weight is 214 g/mol. The largest absolute Gasteiger partial charge is 0.352 e. The molecule has 0 radical (unpaired) electrons. The number of carbonyl (C=O) groups excluding carboxylic acids is 2. The summed E-state index contributed by atoms with van der Waals surface area (Å²) in [5.41, 5.74) is 5.08. The Morgan fingerprint density at radius 3 is 1.93 bits per heavy atom. The van der Waals surface area contributed by atoms with Gasteiger partial charge in [0.1, 0.15) is 0 Å². The first-order valence-electron chi connectivity index (χ1n) is 5.53. The Kier molecular flexibility index (Phi) is 5.97. The molecule has 88 valence electrons. The third kappa shape index (κ3) is 4.32. The van der Waals surface area contributed by atoms with Crippen LogP contribution in [-0.4, -0.2) is 17.9 Å². The van der Waals surface area contributed by atoms with E-state index in [-0.39, 0.29) is 17.6 Å². The number of nitrogens with two attached hydrogens (primary N) is 1. The number of hydrogen-bond donors (Lipinski definition) is 2. The van der Waals surface area contributed by atoms with Gasteiger partial charge < -0.3 is 11.1 Å². The minimum Gasteiger partial charge on any atom is -0.352 e. The highest BCUT2D eigenvalue weighted by Crippen LogP contribution is 2.16. The smallest absolute Gasteiger partial charge is 0.312 e. The van der Waals surface area contributed by atoms with Gasteiger partial charge in [0, 0.05) is 5.92 Å².